The van der Waals surface area contributed by atoms with E-state index in [1.807, 2.05) is 13.0 Å². The number of tetrazole rings is 1. The van der Waals surface area contributed by atoms with Gasteiger partial charge in [0.1, 0.15) is 23.0 Å². The van der Waals surface area contributed by atoms with E-state index >= 15 is 0 Å². The molecule has 0 saturated heterocycles. The molecule has 2 aromatic heterocycles. The second kappa shape index (κ2) is 7.00. The highest BCUT2D eigenvalue weighted by atomic mass is 16.5. The first-order chi connectivity index (χ1) is 12.1. The van der Waals surface area contributed by atoms with E-state index in [9.17, 15) is 4.79 Å². The third-order valence-corrected chi connectivity index (χ3v) is 3.46. The number of carbonyl (C=O) groups is 1. The molecule has 0 bridgehead atoms. The average molecular weight is 339 g/mol. The van der Waals surface area contributed by atoms with Gasteiger partial charge in [-0.05, 0) is 60.7 Å². The minimum atomic E-state index is -0.279. The van der Waals surface area contributed by atoms with Crippen LogP contribution >= 0.6 is 0 Å². The molecule has 0 aliphatic heterocycles. The highest BCUT2D eigenvalue weighted by molar-refractivity contribution is 6.02. The van der Waals surface area contributed by atoms with Crippen molar-refractivity contribution in [2.45, 2.75) is 13.8 Å². The number of carbonyl (C=O) groups excluding carboxylic acids is 1. The molecule has 0 aliphatic rings. The summed E-state index contributed by atoms with van der Waals surface area (Å²) in [7, 11) is 1.56. The number of nitrogens with one attached hydrogen (secondary N) is 1. The Bertz CT molecular complexity index is 926. The fourth-order valence-electron chi connectivity index (χ4n) is 2.27. The van der Waals surface area contributed by atoms with E-state index < -0.39 is 0 Å². The fourth-order valence-corrected chi connectivity index (χ4v) is 2.27. The van der Waals surface area contributed by atoms with Gasteiger partial charge in [-0.25, -0.2) is 0 Å². The molecule has 0 fully saturated rings. The fraction of sp³-hybridized carbons (Fsp3) is 0.176. The van der Waals surface area contributed by atoms with Crippen molar-refractivity contribution in [1.82, 2.24) is 20.2 Å². The molecule has 0 unspecified atom stereocenters. The zero-order chi connectivity index (χ0) is 17.8. The van der Waals surface area contributed by atoms with E-state index in [-0.39, 0.29) is 5.91 Å². The Hall–Kier alpha value is -3.42. The lowest BCUT2D eigenvalue weighted by Crippen LogP contribution is -2.09. The van der Waals surface area contributed by atoms with Gasteiger partial charge in [0.15, 0.2) is 5.82 Å². The normalized spacial score (nSPS) is 11.0. The summed E-state index contributed by atoms with van der Waals surface area (Å²) in [6.07, 6.45) is 3.02. The third kappa shape index (κ3) is 3.74. The number of methoxy groups -OCH3 is 1. The first-order valence-corrected chi connectivity index (χ1v) is 7.55. The van der Waals surface area contributed by atoms with E-state index in [2.05, 4.69) is 20.8 Å². The number of furan rings is 1. The number of rotatable bonds is 5. The van der Waals surface area contributed by atoms with Crippen molar-refractivity contribution in [3.8, 4) is 11.4 Å². The Balaban J connectivity index is 1.80. The van der Waals surface area contributed by atoms with Crippen LogP contribution < -0.4 is 10.1 Å². The molecule has 1 amide bonds. The molecular weight excluding hydrogens is 322 g/mol. The summed E-state index contributed by atoms with van der Waals surface area (Å²) in [5, 5.41) is 14.2. The Morgan fingerprint density at radius 2 is 2.12 bits per heavy atom. The Labute approximate surface area is 144 Å². The summed E-state index contributed by atoms with van der Waals surface area (Å²) >= 11 is 0. The lowest BCUT2D eigenvalue weighted by Gasteiger charge is -2.11. The van der Waals surface area contributed by atoms with Crippen molar-refractivity contribution < 1.29 is 13.9 Å². The molecule has 3 aromatic rings. The van der Waals surface area contributed by atoms with E-state index in [1.54, 1.807) is 44.4 Å². The number of ether oxygens (including phenoxy) is 1. The summed E-state index contributed by atoms with van der Waals surface area (Å²) in [5.41, 5.74) is 1.23. The smallest absolute Gasteiger partial charge is 0.248 e. The van der Waals surface area contributed by atoms with Crippen molar-refractivity contribution in [1.29, 1.82) is 0 Å². The molecule has 1 aromatic carbocycles. The molecule has 1 N–H and O–H groups in total. The van der Waals surface area contributed by atoms with Crippen LogP contribution in [0.15, 0.2) is 40.8 Å². The predicted octanol–water partition coefficient (Wildman–Crippen LogP) is 2.53. The molecule has 8 nitrogen and oxygen atoms in total. The zero-order valence-electron chi connectivity index (χ0n) is 14.1. The second-order valence-corrected chi connectivity index (χ2v) is 5.30. The van der Waals surface area contributed by atoms with Crippen molar-refractivity contribution in [2.24, 2.45) is 0 Å². The molecular formula is C17H17N5O3. The van der Waals surface area contributed by atoms with E-state index in [1.165, 1.54) is 10.8 Å². The summed E-state index contributed by atoms with van der Waals surface area (Å²) in [5.74, 6) is 2.33. The lowest BCUT2D eigenvalue weighted by atomic mass is 10.2. The standard InChI is InChI=1S/C17H17N5O3/c1-11-4-6-14(25-11)7-9-17(23)18-13-5-8-16(24-3)15(10-13)22-12(2)19-20-21-22/h4-10H,1-3H3,(H,18,23)/b9-7+. The zero-order valence-corrected chi connectivity index (χ0v) is 14.1. The molecule has 128 valence electrons. The van der Waals surface area contributed by atoms with Gasteiger partial charge in [0.05, 0.1) is 7.11 Å². The molecule has 0 radical (unpaired) electrons. The van der Waals surface area contributed by atoms with Crippen LogP contribution in [-0.4, -0.2) is 33.2 Å². The molecule has 25 heavy (non-hydrogen) atoms. The highest BCUT2D eigenvalue weighted by Gasteiger charge is 2.11. The van der Waals surface area contributed by atoms with Gasteiger partial charge in [0.25, 0.3) is 0 Å². The second-order valence-electron chi connectivity index (χ2n) is 5.30. The van der Waals surface area contributed by atoms with Crippen LogP contribution in [0.5, 0.6) is 5.75 Å². The van der Waals surface area contributed by atoms with Crippen molar-refractivity contribution in [2.75, 3.05) is 12.4 Å². The summed E-state index contributed by atoms with van der Waals surface area (Å²) in [6, 6.07) is 8.86. The van der Waals surface area contributed by atoms with Gasteiger partial charge in [-0.15, -0.1) is 5.10 Å². The minimum absolute atomic E-state index is 0.279. The van der Waals surface area contributed by atoms with Crippen LogP contribution in [0.3, 0.4) is 0 Å². The van der Waals surface area contributed by atoms with Gasteiger partial charge in [0, 0.05) is 11.8 Å². The molecule has 0 saturated carbocycles. The minimum Gasteiger partial charge on any atom is -0.494 e. The van der Waals surface area contributed by atoms with Gasteiger partial charge in [-0.1, -0.05) is 0 Å². The Morgan fingerprint density at radius 1 is 1.28 bits per heavy atom. The number of anilines is 1. The molecule has 0 spiro atoms. The monoisotopic (exact) mass is 339 g/mol. The predicted molar refractivity (Wildman–Crippen MR) is 91.6 cm³/mol. The van der Waals surface area contributed by atoms with Crippen LogP contribution in [-0.2, 0) is 4.79 Å². The van der Waals surface area contributed by atoms with E-state index in [0.29, 0.717) is 28.7 Å². The molecule has 0 aliphatic carbocycles. The van der Waals surface area contributed by atoms with E-state index in [4.69, 9.17) is 9.15 Å². The van der Waals surface area contributed by atoms with Crippen molar-refractivity contribution in [3.05, 3.63) is 53.8 Å². The number of hydrogen-bond acceptors (Lipinski definition) is 6. The third-order valence-electron chi connectivity index (χ3n) is 3.46. The largest absolute Gasteiger partial charge is 0.494 e. The molecule has 2 heterocycles. The number of benzene rings is 1. The Morgan fingerprint density at radius 3 is 2.76 bits per heavy atom. The maximum atomic E-state index is 12.1. The molecule has 0 atom stereocenters. The summed E-state index contributed by atoms with van der Waals surface area (Å²) in [6.45, 7) is 3.62. The van der Waals surface area contributed by atoms with Gasteiger partial charge in [0.2, 0.25) is 5.91 Å². The van der Waals surface area contributed by atoms with Crippen LogP contribution in [0.1, 0.15) is 17.3 Å². The van der Waals surface area contributed by atoms with Gasteiger partial charge < -0.3 is 14.5 Å². The number of aryl methyl sites for hydroxylation is 2. The SMILES string of the molecule is COc1ccc(NC(=O)/C=C/c2ccc(C)o2)cc1-n1nnnc1C. The van der Waals surface area contributed by atoms with Crippen LogP contribution in [0.25, 0.3) is 11.8 Å². The number of aromatic nitrogens is 4. The van der Waals surface area contributed by atoms with Crippen molar-refractivity contribution in [3.63, 3.8) is 0 Å². The highest BCUT2D eigenvalue weighted by Crippen LogP contribution is 2.26. The van der Waals surface area contributed by atoms with Crippen LogP contribution in [0.4, 0.5) is 5.69 Å². The first-order valence-electron chi connectivity index (χ1n) is 7.55. The van der Waals surface area contributed by atoms with Crippen molar-refractivity contribution >= 4 is 17.7 Å². The summed E-state index contributed by atoms with van der Waals surface area (Å²) < 4.78 is 12.3. The molecule has 3 rings (SSSR count). The average Bonchev–Trinajstić information content (AvgIpc) is 3.21. The first kappa shape index (κ1) is 16.4. The van der Waals surface area contributed by atoms with Crippen LogP contribution in [0.2, 0.25) is 0 Å². The van der Waals surface area contributed by atoms with Gasteiger partial charge >= 0.3 is 0 Å². The lowest BCUT2D eigenvalue weighted by molar-refractivity contribution is -0.111. The number of nitrogens with zero attached hydrogens (tertiary/aromatic N) is 4. The molecule has 8 heteroatoms. The number of hydrogen-bond donors (Lipinski definition) is 1. The van der Waals surface area contributed by atoms with E-state index in [0.717, 1.165) is 5.76 Å². The number of amides is 1. The summed E-state index contributed by atoms with van der Waals surface area (Å²) in [4.78, 5) is 12.1. The van der Waals surface area contributed by atoms with Crippen LogP contribution in [0, 0.1) is 13.8 Å². The maximum Gasteiger partial charge on any atom is 0.248 e. The quantitative estimate of drug-likeness (QED) is 0.718. The Kier molecular flexibility index (Phi) is 4.60. The maximum absolute atomic E-state index is 12.1. The van der Waals surface area contributed by atoms with Gasteiger partial charge in [-0.3, -0.25) is 4.79 Å². The van der Waals surface area contributed by atoms with Gasteiger partial charge in [-0.2, -0.15) is 4.68 Å². The topological polar surface area (TPSA) is 95.1 Å².